The van der Waals surface area contributed by atoms with Gasteiger partial charge < -0.3 is 24.9 Å². The summed E-state index contributed by atoms with van der Waals surface area (Å²) in [5.41, 5.74) is 8.85. The zero-order chi connectivity index (χ0) is 29.4. The van der Waals surface area contributed by atoms with Crippen LogP contribution in [-0.4, -0.2) is 90.4 Å². The molecule has 0 saturated carbocycles. The third-order valence-electron chi connectivity index (χ3n) is 7.30. The number of nitrogens with one attached hydrogen (secondary N) is 1. The summed E-state index contributed by atoms with van der Waals surface area (Å²) in [4.78, 5) is 25.6. The Morgan fingerprint density at radius 3 is 2.69 bits per heavy atom. The van der Waals surface area contributed by atoms with Gasteiger partial charge in [0.1, 0.15) is 28.4 Å². The average molecular weight is 598 g/mol. The fourth-order valence-electron chi connectivity index (χ4n) is 5.08. The van der Waals surface area contributed by atoms with E-state index in [1.165, 1.54) is 12.3 Å². The van der Waals surface area contributed by atoms with Crippen molar-refractivity contribution in [1.29, 1.82) is 0 Å². The monoisotopic (exact) mass is 597 g/mol. The van der Waals surface area contributed by atoms with Gasteiger partial charge in [-0.15, -0.1) is 0 Å². The first-order chi connectivity index (χ1) is 20.3. The first-order valence-corrected chi connectivity index (χ1v) is 15.1. The average Bonchev–Trinajstić information content (AvgIpc) is 3.72. The van der Waals surface area contributed by atoms with Gasteiger partial charge in [0, 0.05) is 74.7 Å². The van der Waals surface area contributed by atoms with Gasteiger partial charge in [0.05, 0.1) is 23.8 Å². The minimum Gasteiger partial charge on any atom is -0.463 e. The van der Waals surface area contributed by atoms with Gasteiger partial charge in [-0.05, 0) is 24.3 Å². The Morgan fingerprint density at radius 2 is 1.95 bits per heavy atom. The standard InChI is InChI=1S/C27H29F2N9O3S/c1-42(40)12-4-31-26(39)17-13-21(19(29)14-18(17)28)36-8-5-35(6-9-36)7-10-37-16-32-24-22-15-20(23-3-2-11-41-23)34-38(22)27(30)33-25(24)37/h2-3,11,13-16H,4-10,12H2,1H3,(H2,30,33)(H,31,39)/t42-/m1/s1. The summed E-state index contributed by atoms with van der Waals surface area (Å²) in [6.45, 7) is 3.73. The number of hydrogen-bond donors (Lipinski definition) is 2. The van der Waals surface area contributed by atoms with Crippen LogP contribution < -0.4 is 16.0 Å². The van der Waals surface area contributed by atoms with E-state index < -0.39 is 28.3 Å². The predicted octanol–water partition coefficient (Wildman–Crippen LogP) is 2.13. The Balaban J connectivity index is 1.11. The molecule has 1 aliphatic rings. The molecule has 42 heavy (non-hydrogen) atoms. The molecule has 1 aliphatic heterocycles. The molecule has 1 saturated heterocycles. The Labute approximate surface area is 241 Å². The number of hydrogen-bond acceptors (Lipinski definition) is 9. The van der Waals surface area contributed by atoms with Crippen molar-refractivity contribution in [3.05, 3.63) is 60.1 Å². The zero-order valence-corrected chi connectivity index (χ0v) is 23.6. The van der Waals surface area contributed by atoms with Crippen LogP contribution in [0.3, 0.4) is 0 Å². The third kappa shape index (κ3) is 5.44. The van der Waals surface area contributed by atoms with Crippen LogP contribution >= 0.6 is 0 Å². The number of piperazine rings is 1. The molecule has 0 radical (unpaired) electrons. The van der Waals surface area contributed by atoms with Gasteiger partial charge in [-0.25, -0.2) is 13.8 Å². The fraction of sp³-hybridized carbons (Fsp3) is 0.333. The molecule has 0 aliphatic carbocycles. The van der Waals surface area contributed by atoms with Crippen molar-refractivity contribution in [2.75, 3.05) is 61.9 Å². The molecule has 1 atom stereocenters. The molecule has 220 valence electrons. The number of carbonyl (C=O) groups excluding carboxylic acids is 1. The van der Waals surface area contributed by atoms with Crippen molar-refractivity contribution < 1.29 is 22.2 Å². The molecule has 1 fully saturated rings. The highest BCUT2D eigenvalue weighted by molar-refractivity contribution is 7.84. The van der Waals surface area contributed by atoms with E-state index in [0.717, 1.165) is 11.6 Å². The van der Waals surface area contributed by atoms with Crippen molar-refractivity contribution in [3.8, 4) is 11.5 Å². The molecular formula is C27H29F2N9O3S. The molecule has 1 aromatic carbocycles. The number of amides is 1. The predicted molar refractivity (Wildman–Crippen MR) is 155 cm³/mol. The molecular weight excluding hydrogens is 568 g/mol. The van der Waals surface area contributed by atoms with E-state index in [0.29, 0.717) is 61.9 Å². The number of furan rings is 1. The summed E-state index contributed by atoms with van der Waals surface area (Å²) >= 11 is 0. The third-order valence-corrected chi connectivity index (χ3v) is 8.08. The number of halogens is 2. The summed E-state index contributed by atoms with van der Waals surface area (Å²) in [6, 6.07) is 7.47. The largest absolute Gasteiger partial charge is 0.463 e. The molecule has 4 aromatic heterocycles. The van der Waals surface area contributed by atoms with E-state index in [9.17, 15) is 17.8 Å². The van der Waals surface area contributed by atoms with Crippen molar-refractivity contribution >= 4 is 45.0 Å². The second kappa shape index (κ2) is 11.5. The van der Waals surface area contributed by atoms with Crippen LogP contribution in [0.25, 0.3) is 28.1 Å². The normalized spacial score (nSPS) is 15.1. The van der Waals surface area contributed by atoms with Gasteiger partial charge in [-0.1, -0.05) is 0 Å². The van der Waals surface area contributed by atoms with Crippen LogP contribution in [0, 0.1) is 11.6 Å². The lowest BCUT2D eigenvalue weighted by atomic mass is 10.1. The minimum atomic E-state index is -1.09. The minimum absolute atomic E-state index is 0.139. The number of benzene rings is 1. The summed E-state index contributed by atoms with van der Waals surface area (Å²) < 4.78 is 49.3. The van der Waals surface area contributed by atoms with Crippen molar-refractivity contribution in [2.24, 2.45) is 0 Å². The molecule has 0 unspecified atom stereocenters. The van der Waals surface area contributed by atoms with E-state index in [1.807, 2.05) is 21.6 Å². The number of fused-ring (bicyclic) bond motifs is 3. The smallest absolute Gasteiger partial charge is 0.254 e. The Morgan fingerprint density at radius 1 is 1.14 bits per heavy atom. The maximum Gasteiger partial charge on any atom is 0.254 e. The van der Waals surface area contributed by atoms with Crippen LogP contribution in [0.2, 0.25) is 0 Å². The number of nitrogen functional groups attached to an aromatic ring is 1. The van der Waals surface area contributed by atoms with Gasteiger partial charge in [0.2, 0.25) is 5.95 Å². The lowest BCUT2D eigenvalue weighted by Crippen LogP contribution is -2.47. The van der Waals surface area contributed by atoms with Crippen molar-refractivity contribution in [1.82, 2.24) is 34.4 Å². The van der Waals surface area contributed by atoms with E-state index in [2.05, 4.69) is 25.3 Å². The van der Waals surface area contributed by atoms with Gasteiger partial charge in [0.15, 0.2) is 11.4 Å². The number of aromatic nitrogens is 5. The highest BCUT2D eigenvalue weighted by atomic mass is 32.2. The summed E-state index contributed by atoms with van der Waals surface area (Å²) in [7, 11) is -1.09. The zero-order valence-electron chi connectivity index (χ0n) is 22.8. The lowest BCUT2D eigenvalue weighted by molar-refractivity contribution is 0.0952. The second-order valence-corrected chi connectivity index (χ2v) is 11.6. The van der Waals surface area contributed by atoms with Crippen LogP contribution in [-0.2, 0) is 17.3 Å². The number of nitrogens with zero attached hydrogens (tertiary/aromatic N) is 7. The van der Waals surface area contributed by atoms with Crippen LogP contribution in [0.5, 0.6) is 0 Å². The molecule has 3 N–H and O–H groups in total. The highest BCUT2D eigenvalue weighted by Crippen LogP contribution is 2.27. The van der Waals surface area contributed by atoms with Crippen molar-refractivity contribution in [2.45, 2.75) is 6.54 Å². The van der Waals surface area contributed by atoms with Gasteiger partial charge in [0.25, 0.3) is 5.91 Å². The molecule has 12 nitrogen and oxygen atoms in total. The van der Waals surface area contributed by atoms with Gasteiger partial charge in [-0.3, -0.25) is 13.9 Å². The number of nitrogens with two attached hydrogens (primary N) is 1. The first kappa shape index (κ1) is 27.8. The molecule has 15 heteroatoms. The number of anilines is 2. The Bertz CT molecular complexity index is 1780. The second-order valence-electron chi connectivity index (χ2n) is 10.0. The summed E-state index contributed by atoms with van der Waals surface area (Å²) in [5, 5.41) is 7.04. The molecule has 6 rings (SSSR count). The molecule has 0 spiro atoms. The maximum atomic E-state index is 14.7. The Kier molecular flexibility index (Phi) is 7.60. The van der Waals surface area contributed by atoms with E-state index in [4.69, 9.17) is 10.2 Å². The number of rotatable bonds is 9. The van der Waals surface area contributed by atoms with Crippen LogP contribution in [0.4, 0.5) is 20.4 Å². The molecule has 0 bridgehead atoms. The van der Waals surface area contributed by atoms with Crippen molar-refractivity contribution in [3.63, 3.8) is 0 Å². The molecule has 1 amide bonds. The number of carbonyl (C=O) groups is 1. The lowest BCUT2D eigenvalue weighted by Gasteiger charge is -2.36. The quantitative estimate of drug-likeness (QED) is 0.262. The SMILES string of the molecule is C[S@@](=O)CCNC(=O)c1cc(N2CCN(CCn3cnc4c3nc(N)n3nc(-c5ccco5)cc43)CC2)c(F)cc1F. The molecule has 5 heterocycles. The van der Waals surface area contributed by atoms with E-state index >= 15 is 0 Å². The Hall–Kier alpha value is -4.37. The molecule has 5 aromatic rings. The van der Waals surface area contributed by atoms with Gasteiger partial charge in [-0.2, -0.15) is 14.6 Å². The topological polar surface area (TPSA) is 140 Å². The summed E-state index contributed by atoms with van der Waals surface area (Å²) in [6.07, 6.45) is 4.83. The fourth-order valence-corrected chi connectivity index (χ4v) is 5.47. The maximum absolute atomic E-state index is 14.7. The van der Waals surface area contributed by atoms with E-state index in [1.54, 1.807) is 23.2 Å². The summed E-state index contributed by atoms with van der Waals surface area (Å²) in [5.74, 6) is -1.21. The van der Waals surface area contributed by atoms with Gasteiger partial charge >= 0.3 is 0 Å². The number of imidazole rings is 1. The van der Waals surface area contributed by atoms with Crippen LogP contribution in [0.15, 0.2) is 47.3 Å². The van der Waals surface area contributed by atoms with E-state index in [-0.39, 0.29) is 29.5 Å². The van der Waals surface area contributed by atoms with Crippen LogP contribution in [0.1, 0.15) is 10.4 Å². The first-order valence-electron chi connectivity index (χ1n) is 13.4. The highest BCUT2D eigenvalue weighted by Gasteiger charge is 2.24.